The van der Waals surface area contributed by atoms with Gasteiger partial charge in [-0.1, -0.05) is 23.7 Å². The first kappa shape index (κ1) is 12.6. The van der Waals surface area contributed by atoms with Crippen LogP contribution in [0.3, 0.4) is 0 Å². The molecule has 0 aliphatic carbocycles. The average Bonchev–Trinajstić information content (AvgIpc) is 2.82. The van der Waals surface area contributed by atoms with Crippen molar-refractivity contribution in [3.63, 3.8) is 0 Å². The summed E-state index contributed by atoms with van der Waals surface area (Å²) >= 11 is 5.93. The zero-order valence-corrected chi connectivity index (χ0v) is 11.1. The average molecular weight is 252 g/mol. The Morgan fingerprint density at radius 1 is 1.29 bits per heavy atom. The highest BCUT2D eigenvalue weighted by molar-refractivity contribution is 6.31. The minimum Gasteiger partial charge on any atom is -0.292 e. The Kier molecular flexibility index (Phi) is 3.55. The van der Waals surface area contributed by atoms with Crippen molar-refractivity contribution in [1.29, 1.82) is 0 Å². The normalized spacial score (nSPS) is 17.4. The number of nitrogens with zero attached hydrogens (tertiary/aromatic N) is 1. The first-order chi connectivity index (χ1) is 8.01. The van der Waals surface area contributed by atoms with Gasteiger partial charge in [-0.15, -0.1) is 0 Å². The molecule has 1 heterocycles. The SMILES string of the molecule is CC(C)(C(=O)c1cccc(Cl)c1)N1CCCC1. The fourth-order valence-electron chi connectivity index (χ4n) is 2.40. The van der Waals surface area contributed by atoms with Crippen LogP contribution in [0.4, 0.5) is 0 Å². The topological polar surface area (TPSA) is 20.3 Å². The molecule has 0 saturated carbocycles. The molecule has 0 aromatic heterocycles. The van der Waals surface area contributed by atoms with Crippen molar-refractivity contribution in [3.05, 3.63) is 34.9 Å². The zero-order chi connectivity index (χ0) is 12.5. The van der Waals surface area contributed by atoms with Crippen LogP contribution in [0.15, 0.2) is 24.3 Å². The Labute approximate surface area is 108 Å². The van der Waals surface area contributed by atoms with E-state index in [1.807, 2.05) is 26.0 Å². The molecule has 1 saturated heterocycles. The van der Waals surface area contributed by atoms with Gasteiger partial charge in [-0.05, 0) is 51.9 Å². The van der Waals surface area contributed by atoms with Gasteiger partial charge in [0.15, 0.2) is 5.78 Å². The number of carbonyl (C=O) groups excluding carboxylic acids is 1. The largest absolute Gasteiger partial charge is 0.292 e. The van der Waals surface area contributed by atoms with Crippen LogP contribution in [0.5, 0.6) is 0 Å². The fraction of sp³-hybridized carbons (Fsp3) is 0.500. The van der Waals surface area contributed by atoms with E-state index >= 15 is 0 Å². The van der Waals surface area contributed by atoms with Gasteiger partial charge in [0.1, 0.15) is 0 Å². The van der Waals surface area contributed by atoms with Gasteiger partial charge in [-0.3, -0.25) is 9.69 Å². The molecule has 0 spiro atoms. The first-order valence-electron chi connectivity index (χ1n) is 6.07. The lowest BCUT2D eigenvalue weighted by molar-refractivity contribution is 0.0702. The summed E-state index contributed by atoms with van der Waals surface area (Å²) in [7, 11) is 0. The van der Waals surface area contributed by atoms with E-state index < -0.39 is 5.54 Å². The molecule has 0 atom stereocenters. The standard InChI is InChI=1S/C14H18ClNO/c1-14(2,16-8-3-4-9-16)13(17)11-6-5-7-12(15)10-11/h5-7,10H,3-4,8-9H2,1-2H3. The molecule has 1 fully saturated rings. The number of benzene rings is 1. The number of ketones is 1. The van der Waals surface area contributed by atoms with E-state index in [4.69, 9.17) is 11.6 Å². The molecule has 2 rings (SSSR count). The molecule has 92 valence electrons. The van der Waals surface area contributed by atoms with E-state index in [-0.39, 0.29) is 5.78 Å². The molecular weight excluding hydrogens is 234 g/mol. The second-order valence-corrected chi connectivity index (χ2v) is 5.53. The van der Waals surface area contributed by atoms with E-state index in [1.165, 1.54) is 12.8 Å². The molecule has 0 bridgehead atoms. The monoisotopic (exact) mass is 251 g/mol. The molecule has 0 radical (unpaired) electrons. The van der Waals surface area contributed by atoms with E-state index in [0.29, 0.717) is 10.6 Å². The first-order valence-corrected chi connectivity index (χ1v) is 6.45. The van der Waals surface area contributed by atoms with Crippen molar-refractivity contribution in [2.75, 3.05) is 13.1 Å². The number of halogens is 1. The number of Topliss-reactive ketones (excluding diaryl/α,β-unsaturated/α-hetero) is 1. The summed E-state index contributed by atoms with van der Waals surface area (Å²) in [5, 5.41) is 0.619. The van der Waals surface area contributed by atoms with Gasteiger partial charge in [-0.25, -0.2) is 0 Å². The maximum Gasteiger partial charge on any atom is 0.182 e. The molecule has 1 aliphatic rings. The third kappa shape index (κ3) is 2.53. The van der Waals surface area contributed by atoms with Gasteiger partial charge in [0, 0.05) is 10.6 Å². The predicted octanol–water partition coefficient (Wildman–Crippen LogP) is 3.40. The van der Waals surface area contributed by atoms with Crippen LogP contribution in [0, 0.1) is 0 Å². The molecule has 1 aromatic rings. The maximum absolute atomic E-state index is 12.5. The highest BCUT2D eigenvalue weighted by Crippen LogP contribution is 2.25. The quantitative estimate of drug-likeness (QED) is 0.768. The lowest BCUT2D eigenvalue weighted by atomic mass is 9.91. The van der Waals surface area contributed by atoms with Crippen molar-refractivity contribution in [3.8, 4) is 0 Å². The molecule has 3 heteroatoms. The molecule has 1 aliphatic heterocycles. The lowest BCUT2D eigenvalue weighted by Crippen LogP contribution is -2.48. The van der Waals surface area contributed by atoms with Gasteiger partial charge in [-0.2, -0.15) is 0 Å². The summed E-state index contributed by atoms with van der Waals surface area (Å²) in [6.45, 7) is 6.03. The summed E-state index contributed by atoms with van der Waals surface area (Å²) in [4.78, 5) is 14.8. The smallest absolute Gasteiger partial charge is 0.182 e. The Morgan fingerprint density at radius 2 is 1.94 bits per heavy atom. The molecule has 0 N–H and O–H groups in total. The number of carbonyl (C=O) groups is 1. The van der Waals surface area contributed by atoms with Crippen LogP contribution in [-0.4, -0.2) is 29.3 Å². The number of likely N-dealkylation sites (tertiary alicyclic amines) is 1. The number of hydrogen-bond acceptors (Lipinski definition) is 2. The summed E-state index contributed by atoms with van der Waals surface area (Å²) in [6.07, 6.45) is 2.37. The summed E-state index contributed by atoms with van der Waals surface area (Å²) in [6, 6.07) is 7.21. The van der Waals surface area contributed by atoms with Crippen LogP contribution in [0.1, 0.15) is 37.0 Å². The second kappa shape index (κ2) is 4.79. The molecule has 17 heavy (non-hydrogen) atoms. The van der Waals surface area contributed by atoms with Crippen molar-refractivity contribution >= 4 is 17.4 Å². The van der Waals surface area contributed by atoms with E-state index in [0.717, 1.165) is 13.1 Å². The molecule has 2 nitrogen and oxygen atoms in total. The van der Waals surface area contributed by atoms with E-state index in [1.54, 1.807) is 12.1 Å². The number of hydrogen-bond donors (Lipinski definition) is 0. The maximum atomic E-state index is 12.5. The Morgan fingerprint density at radius 3 is 2.53 bits per heavy atom. The van der Waals surface area contributed by atoms with Crippen LogP contribution in [-0.2, 0) is 0 Å². The Bertz CT molecular complexity index is 422. The number of rotatable bonds is 3. The fourth-order valence-corrected chi connectivity index (χ4v) is 2.59. The van der Waals surface area contributed by atoms with Crippen LogP contribution in [0.2, 0.25) is 5.02 Å². The Balaban J connectivity index is 2.24. The zero-order valence-electron chi connectivity index (χ0n) is 10.4. The van der Waals surface area contributed by atoms with Crippen molar-refractivity contribution in [2.45, 2.75) is 32.2 Å². The van der Waals surface area contributed by atoms with E-state index in [9.17, 15) is 4.79 Å². The third-order valence-corrected chi connectivity index (χ3v) is 3.77. The van der Waals surface area contributed by atoms with Crippen LogP contribution >= 0.6 is 11.6 Å². The highest BCUT2D eigenvalue weighted by Gasteiger charge is 2.36. The second-order valence-electron chi connectivity index (χ2n) is 5.09. The van der Waals surface area contributed by atoms with Gasteiger partial charge in [0.05, 0.1) is 5.54 Å². The molecule has 0 amide bonds. The van der Waals surface area contributed by atoms with Crippen molar-refractivity contribution in [1.82, 2.24) is 4.90 Å². The molecule has 0 unspecified atom stereocenters. The minimum atomic E-state index is -0.429. The Hall–Kier alpha value is -0.860. The van der Waals surface area contributed by atoms with Gasteiger partial charge < -0.3 is 0 Å². The molecular formula is C14H18ClNO. The van der Waals surface area contributed by atoms with Gasteiger partial charge >= 0.3 is 0 Å². The molecule has 1 aromatic carbocycles. The lowest BCUT2D eigenvalue weighted by Gasteiger charge is -2.33. The van der Waals surface area contributed by atoms with Crippen LogP contribution in [0.25, 0.3) is 0 Å². The summed E-state index contributed by atoms with van der Waals surface area (Å²) in [5.74, 6) is 0.155. The van der Waals surface area contributed by atoms with Crippen molar-refractivity contribution in [2.24, 2.45) is 0 Å². The van der Waals surface area contributed by atoms with Crippen molar-refractivity contribution < 1.29 is 4.79 Å². The van der Waals surface area contributed by atoms with Gasteiger partial charge in [0.25, 0.3) is 0 Å². The van der Waals surface area contributed by atoms with Crippen LogP contribution < -0.4 is 0 Å². The minimum absolute atomic E-state index is 0.155. The predicted molar refractivity (Wildman–Crippen MR) is 70.7 cm³/mol. The summed E-state index contributed by atoms with van der Waals surface area (Å²) in [5.41, 5.74) is 0.274. The third-order valence-electron chi connectivity index (χ3n) is 3.54. The van der Waals surface area contributed by atoms with E-state index in [2.05, 4.69) is 4.90 Å². The summed E-state index contributed by atoms with van der Waals surface area (Å²) < 4.78 is 0. The van der Waals surface area contributed by atoms with Gasteiger partial charge in [0.2, 0.25) is 0 Å². The highest BCUT2D eigenvalue weighted by atomic mass is 35.5.